The topological polar surface area (TPSA) is 352 Å². The summed E-state index contributed by atoms with van der Waals surface area (Å²) in [7, 11) is 2.88. The van der Waals surface area contributed by atoms with Crippen molar-refractivity contribution in [2.24, 2.45) is 0 Å². The quantitative estimate of drug-likeness (QED) is 0.00621. The molecule has 8 aromatic rings. The average molecular weight is 2190 g/mol. The smallest absolute Gasteiger partial charge is 0.397 e. The van der Waals surface area contributed by atoms with Crippen LogP contribution in [0, 0.1) is 46.4 Å². The first kappa shape index (κ1) is 118. The number of alkyl halides is 3. The lowest BCUT2D eigenvalue weighted by atomic mass is 9.99. The highest BCUT2D eigenvalue weighted by Gasteiger charge is 2.40. The van der Waals surface area contributed by atoms with Gasteiger partial charge in [0.25, 0.3) is 41.2 Å². The van der Waals surface area contributed by atoms with E-state index in [1.807, 2.05) is 86.6 Å². The third-order valence-electron chi connectivity index (χ3n) is 26.1. The number of urea groups is 2. The molecule has 0 aromatic carbocycles. The van der Waals surface area contributed by atoms with Gasteiger partial charge in [-0.25, -0.2) is 42.1 Å². The monoisotopic (exact) mass is 2190 g/mol. The van der Waals surface area contributed by atoms with Crippen LogP contribution in [0.3, 0.4) is 0 Å². The van der Waals surface area contributed by atoms with Crippen LogP contribution in [-0.4, -0.2) is 267 Å². The number of aromatic nitrogens is 4. The Bertz CT molecular complexity index is 5490. The summed E-state index contributed by atoms with van der Waals surface area (Å²) in [6.45, 7) is 38.1. The number of likely N-dealkylation sites (tertiary alicyclic amines) is 4. The normalized spacial score (nSPS) is 15.6. The van der Waals surface area contributed by atoms with Crippen molar-refractivity contribution in [3.8, 4) is 0 Å². The van der Waals surface area contributed by atoms with Crippen LogP contribution >= 0.6 is 115 Å². The number of rotatable bonds is 38. The van der Waals surface area contributed by atoms with E-state index in [4.69, 9.17) is 85.9 Å². The molecule has 4 aliphatic rings. The van der Waals surface area contributed by atoms with Gasteiger partial charge in [-0.05, 0) is 288 Å². The van der Waals surface area contributed by atoms with Crippen LogP contribution in [0.2, 0.25) is 30.9 Å². The molecule has 7 N–H and O–H groups in total. The summed E-state index contributed by atoms with van der Waals surface area (Å²) in [5.41, 5.74) is 13.5. The zero-order chi connectivity index (χ0) is 105. The second-order valence-corrected chi connectivity index (χ2v) is 42.0. The fraction of sp³-hybridized carbons (Fsp3) is 0.535. The highest BCUT2D eigenvalue weighted by Crippen LogP contribution is 2.33. The molecular formula is C99H131Cl6F3N20O12S4. The van der Waals surface area contributed by atoms with Crippen molar-refractivity contribution < 1.29 is 70.7 Å². The molecule has 786 valence electrons. The number of carbonyl (C=O) groups excluding carboxylic acids is 9. The molecule has 4 saturated heterocycles. The Morgan fingerprint density at radius 1 is 0.458 bits per heavy atom. The summed E-state index contributed by atoms with van der Waals surface area (Å²) < 4.78 is 39.4. The molecule has 8 aromatic heterocycles. The number of aryl methyl sites for hydroxylation is 4. The summed E-state index contributed by atoms with van der Waals surface area (Å²) >= 11 is 42.5. The van der Waals surface area contributed by atoms with Crippen molar-refractivity contribution in [2.45, 2.75) is 246 Å². The zero-order valence-electron chi connectivity index (χ0n) is 83.4. The van der Waals surface area contributed by atoms with Gasteiger partial charge in [0.2, 0.25) is 11.6 Å². The Labute approximate surface area is 887 Å². The van der Waals surface area contributed by atoms with E-state index in [0.29, 0.717) is 128 Å². The first-order chi connectivity index (χ1) is 68.6. The highest BCUT2D eigenvalue weighted by atomic mass is 35.5. The number of hydrogen-bond acceptors (Lipinski definition) is 23. The van der Waals surface area contributed by atoms with E-state index in [1.54, 1.807) is 86.8 Å². The van der Waals surface area contributed by atoms with E-state index < -0.39 is 18.5 Å². The second-order valence-electron chi connectivity index (χ2n) is 36.7. The van der Waals surface area contributed by atoms with Crippen LogP contribution in [0.4, 0.5) is 22.8 Å². The van der Waals surface area contributed by atoms with Gasteiger partial charge in [0.15, 0.2) is 0 Å². The van der Waals surface area contributed by atoms with Crippen LogP contribution in [0.25, 0.3) is 4.85 Å². The third-order valence-corrected chi connectivity index (χ3v) is 30.5. The maximum atomic E-state index is 12.9. The predicted molar refractivity (Wildman–Crippen MR) is 561 cm³/mol. The molecule has 0 unspecified atom stereocenters. The van der Waals surface area contributed by atoms with Crippen molar-refractivity contribution in [2.75, 3.05) is 99.3 Å². The molecule has 4 atom stereocenters. The molecule has 0 radical (unpaired) electrons. The summed E-state index contributed by atoms with van der Waals surface area (Å²) in [5, 5.41) is 43.1. The largest absolute Gasteiger partial charge is 0.617 e. The molecule has 0 bridgehead atoms. The lowest BCUT2D eigenvalue weighted by Crippen LogP contribution is -2.51. The molecule has 45 heteroatoms. The van der Waals surface area contributed by atoms with E-state index in [9.17, 15) is 61.5 Å². The summed E-state index contributed by atoms with van der Waals surface area (Å²) in [6, 6.07) is 14.8. The van der Waals surface area contributed by atoms with Crippen LogP contribution in [-0.2, 0) is 45.4 Å². The maximum Gasteiger partial charge on any atom is 0.397 e. The third kappa shape index (κ3) is 36.1. The SMILES string of the molecule is CONC(=O)N(Cc1ccsc1)C1CCN([C@H](C)CCNC(=O)c2c(C)cc(C(=O)NC(C)C)nc2Cl)CC1.CONC(=O)N(Cc1ccsc1)C1CCN([C@H](C)CCNC(=O)c2c(C)cc(Cl)[n+]([O-])c2C)CC1.Cc1cc(Cl)nc(Cl)c1C(=O)NCC[C@@H](C)N1CCC(N(Cc2ccsc2)C(=O)CC(F)(F)F)CC1.[C-]#[N+]CC(=O)N(Cc1ccsc1)C1CCN([C@H](C)CCNC(=O)c2c(C)cc(Cl)nc2Cl)CC1. The Hall–Kier alpha value is -9.19. The number of nitrogens with zero attached hydrogens (tertiary/aromatic N) is 13. The molecule has 0 spiro atoms. The van der Waals surface area contributed by atoms with Crippen molar-refractivity contribution in [1.82, 2.24) is 91.7 Å². The number of hydroxylamine groups is 2. The van der Waals surface area contributed by atoms with Crippen molar-refractivity contribution >= 4 is 168 Å². The number of piperidine rings is 4. The predicted octanol–water partition coefficient (Wildman–Crippen LogP) is 17.8. The van der Waals surface area contributed by atoms with Gasteiger partial charge in [0, 0.05) is 172 Å². The second kappa shape index (κ2) is 58.5. The molecule has 144 heavy (non-hydrogen) atoms. The lowest BCUT2D eigenvalue weighted by Gasteiger charge is -2.41. The molecule has 4 aliphatic heterocycles. The molecule has 32 nitrogen and oxygen atoms in total. The summed E-state index contributed by atoms with van der Waals surface area (Å²) in [6.07, 6.45) is 3.41. The Balaban J connectivity index is 0.000000214. The average Bonchev–Trinajstić information content (AvgIpc) is 0.938. The first-order valence-corrected chi connectivity index (χ1v) is 53.9. The van der Waals surface area contributed by atoms with Gasteiger partial charge in [-0.15, -0.1) is 0 Å². The first-order valence-electron chi connectivity index (χ1n) is 47.9. The van der Waals surface area contributed by atoms with Crippen molar-refractivity contribution in [1.29, 1.82) is 0 Å². The molecule has 0 saturated carbocycles. The van der Waals surface area contributed by atoms with Gasteiger partial charge in [0.05, 0.1) is 30.9 Å². The molecular weight excluding hydrogens is 2060 g/mol. The van der Waals surface area contributed by atoms with E-state index in [2.05, 4.69) is 114 Å². The van der Waals surface area contributed by atoms with Crippen molar-refractivity contribution in [3.63, 3.8) is 0 Å². The van der Waals surface area contributed by atoms with E-state index in [-0.39, 0.29) is 157 Å². The highest BCUT2D eigenvalue weighted by molar-refractivity contribution is 7.08. The standard InChI is InChI=1S/C27H39ClN6O4S.C24H29Cl2F3N4O2S.C24H29Cl2N5O2S.C24H34ClN5O4S/c1-17(2)30-25(35)22-14-18(3)23(24(28)31-22)26(36)29-10-6-19(4)33-11-7-21(8-12-33)34(27(37)32-38-5)15-20-9-13-39-16-20;1-15-11-19(25)31-22(26)21(15)23(35)30-7-3-16(2)32-8-4-18(5-9-32)33(13-17-6-10-36-14-17)20(34)12-24(27,28)29;1-16-12-20(25)29-23(26)22(16)24(33)28-8-4-17(2)30-9-5-19(6-10-30)31(21(32)13-27-3)14-18-7-11-34-15-18;1-16-13-21(25)30(33)18(3)22(16)23(31)26-9-5-17(2)28-10-6-20(7-11-28)29(24(32)27-34-4)14-19-8-12-35-15-19/h9,13-14,16-17,19,21H,6-8,10-12,15H2,1-5H3,(H,29,36)(H,30,35)(H,32,37);6,10-11,14,16,18H,3-5,7-9,12-13H2,1-2H3,(H,30,35);7,11-12,15,17,19H,4-6,8-10,13-14H2,1-2H3,(H,28,33);8,12-13,15,17,20H,5-7,9-11,14H2,1-4H3,(H,26,31)(H,27,32)/t19-;16-;2*17-/m1111/s1. The molecule has 4 fully saturated rings. The zero-order valence-corrected chi connectivity index (χ0v) is 91.2. The summed E-state index contributed by atoms with van der Waals surface area (Å²) in [4.78, 5) is 155. The van der Waals surface area contributed by atoms with E-state index >= 15 is 0 Å². The molecule has 0 aliphatic carbocycles. The van der Waals surface area contributed by atoms with Gasteiger partial charge in [-0.1, -0.05) is 58.0 Å². The number of halogens is 9. The molecule has 12 rings (SSSR count). The van der Waals surface area contributed by atoms with Gasteiger partial charge in [-0.3, -0.25) is 43.2 Å². The number of pyridine rings is 4. The Morgan fingerprint density at radius 2 is 0.757 bits per heavy atom. The van der Waals surface area contributed by atoms with Gasteiger partial charge in [0.1, 0.15) is 43.4 Å². The minimum atomic E-state index is -4.53. The number of carbonyl (C=O) groups is 9. The van der Waals surface area contributed by atoms with E-state index in [1.165, 1.54) is 36.5 Å². The number of thiophene rings is 4. The van der Waals surface area contributed by atoms with Crippen molar-refractivity contribution in [3.05, 3.63) is 217 Å². The number of amides is 11. The Kier molecular flexibility index (Phi) is 48.1. The Morgan fingerprint density at radius 3 is 1.05 bits per heavy atom. The lowest BCUT2D eigenvalue weighted by molar-refractivity contribution is -0.610. The summed E-state index contributed by atoms with van der Waals surface area (Å²) in [5.74, 6) is -2.44. The fourth-order valence-corrected chi connectivity index (χ4v) is 22.6. The van der Waals surface area contributed by atoms with Crippen LogP contribution in [0.15, 0.2) is 91.6 Å². The number of hydrogen-bond donors (Lipinski definition) is 7. The fourth-order valence-electron chi connectivity index (χ4n) is 18.1. The minimum absolute atomic E-state index is 0.0149. The van der Waals surface area contributed by atoms with Crippen LogP contribution in [0.5, 0.6) is 0 Å². The maximum absolute atomic E-state index is 12.9. The molecule has 11 amide bonds. The minimum Gasteiger partial charge on any atom is -0.617 e. The number of nitrogens with one attached hydrogen (secondary N) is 7. The van der Waals surface area contributed by atoms with Crippen LogP contribution in [0.1, 0.15) is 227 Å². The van der Waals surface area contributed by atoms with Gasteiger partial charge in [-0.2, -0.15) is 63.2 Å². The van der Waals surface area contributed by atoms with Gasteiger partial charge < -0.3 is 75.8 Å². The molecule has 12 heterocycles. The van der Waals surface area contributed by atoms with Crippen LogP contribution < -0.4 is 42.3 Å². The van der Waals surface area contributed by atoms with Gasteiger partial charge >= 0.3 is 24.1 Å². The van der Waals surface area contributed by atoms with E-state index in [0.717, 1.165) is 119 Å².